The topological polar surface area (TPSA) is 104 Å². The highest BCUT2D eigenvalue weighted by Crippen LogP contribution is 2.51. The molecule has 8 heteroatoms. The number of aliphatic hydroxyl groups excluding tert-OH is 1. The van der Waals surface area contributed by atoms with E-state index in [1.807, 2.05) is 19.1 Å². The maximum atomic E-state index is 9.83. The number of aromatic nitrogens is 3. The lowest BCUT2D eigenvalue weighted by Gasteiger charge is -2.29. The minimum absolute atomic E-state index is 0.129. The Hall–Kier alpha value is -1.74. The Bertz CT molecular complexity index is 793. The predicted molar refractivity (Wildman–Crippen MR) is 94.3 cm³/mol. The summed E-state index contributed by atoms with van der Waals surface area (Å²) < 4.78 is 20.5. The van der Waals surface area contributed by atoms with Gasteiger partial charge in [0, 0.05) is 5.92 Å². The molecule has 0 saturated carbocycles. The zero-order chi connectivity index (χ0) is 18.5. The van der Waals surface area contributed by atoms with Crippen molar-refractivity contribution < 1.29 is 19.3 Å². The smallest absolute Gasteiger partial charge is 0.162 e. The van der Waals surface area contributed by atoms with Crippen molar-refractivity contribution in [3.8, 4) is 0 Å². The molecule has 2 fully saturated rings. The lowest BCUT2D eigenvalue weighted by Crippen LogP contribution is -2.40. The molecule has 2 aromatic rings. The summed E-state index contributed by atoms with van der Waals surface area (Å²) in [7, 11) is 0. The van der Waals surface area contributed by atoms with Crippen LogP contribution in [0.4, 0.5) is 5.82 Å². The lowest BCUT2D eigenvalue weighted by atomic mass is 9.91. The summed E-state index contributed by atoms with van der Waals surface area (Å²) in [4.78, 5) is 4.03. The second-order valence-electron chi connectivity index (χ2n) is 7.24. The van der Waals surface area contributed by atoms with Crippen LogP contribution in [0, 0.1) is 5.92 Å². The highest BCUT2D eigenvalue weighted by Gasteiger charge is 2.62. The zero-order valence-electron chi connectivity index (χ0n) is 15.3. The van der Waals surface area contributed by atoms with Gasteiger partial charge in [0.2, 0.25) is 0 Å². The van der Waals surface area contributed by atoms with E-state index in [4.69, 9.17) is 19.9 Å². The summed E-state index contributed by atoms with van der Waals surface area (Å²) in [5.74, 6) is 0.711. The number of hydrogen-bond donors (Lipinski definition) is 2. The van der Waals surface area contributed by atoms with Gasteiger partial charge in [0.25, 0.3) is 0 Å². The minimum Gasteiger partial charge on any atom is -0.394 e. The number of ether oxygens (including phenoxy) is 3. The van der Waals surface area contributed by atoms with Crippen molar-refractivity contribution in [2.24, 2.45) is 5.92 Å². The average molecular weight is 362 g/mol. The van der Waals surface area contributed by atoms with Crippen LogP contribution < -0.4 is 5.73 Å². The molecule has 4 heterocycles. The van der Waals surface area contributed by atoms with E-state index in [0.717, 1.165) is 18.5 Å². The second-order valence-corrected chi connectivity index (χ2v) is 7.24. The van der Waals surface area contributed by atoms with Crippen LogP contribution in [0.2, 0.25) is 0 Å². The first-order chi connectivity index (χ1) is 12.5. The molecule has 0 aliphatic carbocycles. The molecular weight excluding hydrogens is 336 g/mol. The summed E-state index contributed by atoms with van der Waals surface area (Å²) in [5, 5.41) is 14.1. The second kappa shape index (κ2) is 6.45. The van der Waals surface area contributed by atoms with E-state index in [0.29, 0.717) is 17.3 Å². The van der Waals surface area contributed by atoms with Crippen molar-refractivity contribution in [1.82, 2.24) is 14.6 Å². The summed E-state index contributed by atoms with van der Waals surface area (Å²) in [6.07, 6.45) is 1.84. The molecule has 2 aliphatic rings. The highest BCUT2D eigenvalue weighted by atomic mass is 16.8. The van der Waals surface area contributed by atoms with Crippen molar-refractivity contribution in [2.45, 2.75) is 63.8 Å². The number of nitrogens with two attached hydrogens (primary N) is 1. The van der Waals surface area contributed by atoms with Crippen LogP contribution in [0.3, 0.4) is 0 Å². The Morgan fingerprint density at radius 1 is 1.31 bits per heavy atom. The van der Waals surface area contributed by atoms with E-state index in [1.54, 1.807) is 4.52 Å². The maximum Gasteiger partial charge on any atom is 0.162 e. The number of rotatable bonds is 5. The molecule has 2 aliphatic heterocycles. The molecule has 0 aromatic carbocycles. The van der Waals surface area contributed by atoms with Gasteiger partial charge >= 0.3 is 0 Å². The van der Waals surface area contributed by atoms with E-state index in [1.165, 1.54) is 6.33 Å². The van der Waals surface area contributed by atoms with E-state index in [9.17, 15) is 5.11 Å². The number of nitrogens with zero attached hydrogens (tertiary/aromatic N) is 3. The van der Waals surface area contributed by atoms with Gasteiger partial charge in [-0.2, -0.15) is 5.10 Å². The largest absolute Gasteiger partial charge is 0.394 e. The fourth-order valence-electron chi connectivity index (χ4n) is 4.23. The monoisotopic (exact) mass is 362 g/mol. The highest BCUT2D eigenvalue weighted by molar-refractivity contribution is 5.65. The number of hydrogen-bond acceptors (Lipinski definition) is 7. The SMILES string of the molecule is CCC(CC)C1O[C@@H]2[C@@H](CO)O[C@@H](c3ccc4c(N)ncnn34)[C@]2(C)O1. The predicted octanol–water partition coefficient (Wildman–Crippen LogP) is 1.68. The van der Waals surface area contributed by atoms with Crippen LogP contribution in [0.1, 0.15) is 45.4 Å². The normalized spacial score (nSPS) is 34.0. The standard InChI is InChI=1S/C18H26N4O4/c1-4-10(5-2)17-25-15-13(8-23)24-14(18(15,3)26-17)11-6-7-12-16(19)20-9-21-22(11)12/h6-7,9-10,13-15,17,23H,4-5,8H2,1-3H3,(H2,19,20,21)/t13-,14+,15-,17?,18+/m1/s1. The summed E-state index contributed by atoms with van der Waals surface area (Å²) in [6.45, 7) is 6.13. The third kappa shape index (κ3) is 2.44. The van der Waals surface area contributed by atoms with Crippen molar-refractivity contribution >= 4 is 11.3 Å². The van der Waals surface area contributed by atoms with Crippen molar-refractivity contribution in [3.63, 3.8) is 0 Å². The van der Waals surface area contributed by atoms with Gasteiger partial charge in [-0.1, -0.05) is 13.8 Å². The van der Waals surface area contributed by atoms with Crippen LogP contribution in [0.15, 0.2) is 18.5 Å². The van der Waals surface area contributed by atoms with E-state index in [2.05, 4.69) is 23.9 Å². The number of fused-ring (bicyclic) bond motifs is 2. The molecule has 2 aromatic heterocycles. The van der Waals surface area contributed by atoms with Gasteiger partial charge in [0.15, 0.2) is 12.1 Å². The van der Waals surface area contributed by atoms with E-state index in [-0.39, 0.29) is 19.0 Å². The number of nitrogen functional groups attached to an aromatic ring is 1. The van der Waals surface area contributed by atoms with Gasteiger partial charge in [-0.15, -0.1) is 0 Å². The van der Waals surface area contributed by atoms with Gasteiger partial charge in [0.1, 0.15) is 35.8 Å². The number of aliphatic hydroxyl groups is 1. The molecular formula is C18H26N4O4. The molecule has 0 radical (unpaired) electrons. The first-order valence-electron chi connectivity index (χ1n) is 9.21. The molecule has 0 amide bonds. The van der Waals surface area contributed by atoms with Crippen molar-refractivity contribution in [3.05, 3.63) is 24.2 Å². The van der Waals surface area contributed by atoms with Crippen LogP contribution >= 0.6 is 0 Å². The first-order valence-corrected chi connectivity index (χ1v) is 9.21. The average Bonchev–Trinajstić information content (AvgIpc) is 3.27. The zero-order valence-corrected chi connectivity index (χ0v) is 15.3. The molecule has 0 spiro atoms. The minimum atomic E-state index is -0.714. The van der Waals surface area contributed by atoms with Crippen molar-refractivity contribution in [2.75, 3.05) is 12.3 Å². The Balaban J connectivity index is 1.73. The Morgan fingerprint density at radius 3 is 2.77 bits per heavy atom. The molecule has 2 saturated heterocycles. The first kappa shape index (κ1) is 17.7. The third-order valence-electron chi connectivity index (χ3n) is 5.78. The van der Waals surface area contributed by atoms with Crippen molar-refractivity contribution in [1.29, 1.82) is 0 Å². The van der Waals surface area contributed by atoms with Gasteiger partial charge < -0.3 is 25.1 Å². The molecule has 8 nitrogen and oxygen atoms in total. The summed E-state index contributed by atoms with van der Waals surface area (Å²) >= 11 is 0. The fraction of sp³-hybridized carbons (Fsp3) is 0.667. The lowest BCUT2D eigenvalue weighted by molar-refractivity contribution is -0.177. The fourth-order valence-corrected chi connectivity index (χ4v) is 4.23. The quantitative estimate of drug-likeness (QED) is 0.834. The Labute approximate surface area is 152 Å². The van der Waals surface area contributed by atoms with Crippen LogP contribution in [0.25, 0.3) is 5.52 Å². The molecule has 142 valence electrons. The molecule has 5 atom stereocenters. The van der Waals surface area contributed by atoms with Gasteiger partial charge in [-0.05, 0) is 31.9 Å². The van der Waals surface area contributed by atoms with Gasteiger partial charge in [0.05, 0.1) is 12.3 Å². The third-order valence-corrected chi connectivity index (χ3v) is 5.78. The van der Waals surface area contributed by atoms with Gasteiger partial charge in [-0.25, -0.2) is 9.50 Å². The Kier molecular flexibility index (Phi) is 4.38. The molecule has 1 unspecified atom stereocenters. The summed E-state index contributed by atoms with van der Waals surface area (Å²) in [6, 6.07) is 3.79. The summed E-state index contributed by atoms with van der Waals surface area (Å²) in [5.41, 5.74) is 6.77. The van der Waals surface area contributed by atoms with Crippen LogP contribution in [0.5, 0.6) is 0 Å². The molecule has 3 N–H and O–H groups in total. The number of anilines is 1. The Morgan fingerprint density at radius 2 is 2.08 bits per heavy atom. The molecule has 0 bridgehead atoms. The van der Waals surface area contributed by atoms with E-state index >= 15 is 0 Å². The maximum absolute atomic E-state index is 9.83. The molecule has 4 rings (SSSR count). The van der Waals surface area contributed by atoms with Crippen LogP contribution in [-0.2, 0) is 14.2 Å². The molecule has 26 heavy (non-hydrogen) atoms. The van der Waals surface area contributed by atoms with E-state index < -0.39 is 17.8 Å². The van der Waals surface area contributed by atoms with Crippen LogP contribution in [-0.4, -0.2) is 50.4 Å². The van der Waals surface area contributed by atoms with Gasteiger partial charge in [-0.3, -0.25) is 0 Å².